The zero-order valence-corrected chi connectivity index (χ0v) is 13.3. The molecule has 1 unspecified atom stereocenters. The predicted molar refractivity (Wildman–Crippen MR) is 81.4 cm³/mol. The van der Waals surface area contributed by atoms with Gasteiger partial charge in [0.05, 0.1) is 19.2 Å². The molecule has 0 saturated carbocycles. The SMILES string of the molecule is COc1cc(Cl)ccc1C(=O)NCc1noc(C2CCCO2)n1. The minimum absolute atomic E-state index is 0.136. The van der Waals surface area contributed by atoms with Crippen LogP contribution in [0.1, 0.15) is 41.0 Å². The molecule has 1 amide bonds. The molecule has 0 radical (unpaired) electrons. The Morgan fingerprint density at radius 1 is 1.52 bits per heavy atom. The van der Waals surface area contributed by atoms with Crippen LogP contribution in [0.5, 0.6) is 5.75 Å². The van der Waals surface area contributed by atoms with E-state index in [9.17, 15) is 4.79 Å². The summed E-state index contributed by atoms with van der Waals surface area (Å²) >= 11 is 5.88. The first kappa shape index (κ1) is 15.8. The quantitative estimate of drug-likeness (QED) is 0.902. The van der Waals surface area contributed by atoms with Crippen LogP contribution in [-0.2, 0) is 11.3 Å². The lowest BCUT2D eigenvalue weighted by Crippen LogP contribution is -2.24. The number of carbonyl (C=O) groups excluding carboxylic acids is 1. The summed E-state index contributed by atoms with van der Waals surface area (Å²) in [7, 11) is 1.48. The van der Waals surface area contributed by atoms with E-state index in [0.29, 0.717) is 34.7 Å². The van der Waals surface area contributed by atoms with E-state index in [2.05, 4.69) is 15.5 Å². The number of ether oxygens (including phenoxy) is 2. The van der Waals surface area contributed by atoms with E-state index in [0.717, 1.165) is 12.8 Å². The second-order valence-electron chi connectivity index (χ2n) is 5.08. The minimum atomic E-state index is -0.304. The zero-order chi connectivity index (χ0) is 16.2. The lowest BCUT2D eigenvalue weighted by atomic mass is 10.2. The first-order valence-corrected chi connectivity index (χ1v) is 7.61. The number of amides is 1. The highest BCUT2D eigenvalue weighted by Crippen LogP contribution is 2.27. The number of benzene rings is 1. The van der Waals surface area contributed by atoms with E-state index >= 15 is 0 Å². The monoisotopic (exact) mass is 337 g/mol. The number of carbonyl (C=O) groups is 1. The second-order valence-corrected chi connectivity index (χ2v) is 5.51. The molecule has 1 N–H and O–H groups in total. The van der Waals surface area contributed by atoms with Gasteiger partial charge in [0.15, 0.2) is 5.82 Å². The highest BCUT2D eigenvalue weighted by atomic mass is 35.5. The van der Waals surface area contributed by atoms with E-state index in [1.807, 2.05) is 0 Å². The van der Waals surface area contributed by atoms with Crippen LogP contribution in [0.4, 0.5) is 0 Å². The maximum Gasteiger partial charge on any atom is 0.255 e. The number of nitrogens with zero attached hydrogens (tertiary/aromatic N) is 2. The number of halogens is 1. The van der Waals surface area contributed by atoms with E-state index in [-0.39, 0.29) is 18.6 Å². The van der Waals surface area contributed by atoms with Crippen molar-refractivity contribution in [2.24, 2.45) is 0 Å². The molecule has 0 spiro atoms. The van der Waals surface area contributed by atoms with Gasteiger partial charge in [0.2, 0.25) is 0 Å². The van der Waals surface area contributed by atoms with Crippen LogP contribution < -0.4 is 10.1 Å². The van der Waals surface area contributed by atoms with E-state index in [4.69, 9.17) is 25.6 Å². The molecule has 8 heteroatoms. The minimum Gasteiger partial charge on any atom is -0.496 e. The van der Waals surface area contributed by atoms with Crippen molar-refractivity contribution in [1.29, 1.82) is 0 Å². The zero-order valence-electron chi connectivity index (χ0n) is 12.5. The number of rotatable bonds is 5. The molecule has 1 fully saturated rings. The topological polar surface area (TPSA) is 86.5 Å². The van der Waals surface area contributed by atoms with Crippen LogP contribution in [0.25, 0.3) is 0 Å². The second kappa shape index (κ2) is 6.97. The van der Waals surface area contributed by atoms with Gasteiger partial charge >= 0.3 is 0 Å². The third-order valence-electron chi connectivity index (χ3n) is 3.50. The molecule has 0 aliphatic carbocycles. The number of aromatic nitrogens is 2. The van der Waals surface area contributed by atoms with Crippen LogP contribution in [0.2, 0.25) is 5.02 Å². The highest BCUT2D eigenvalue weighted by Gasteiger charge is 2.24. The smallest absolute Gasteiger partial charge is 0.255 e. The number of hydrogen-bond acceptors (Lipinski definition) is 6. The van der Waals surface area contributed by atoms with Gasteiger partial charge in [-0.25, -0.2) is 0 Å². The summed E-state index contributed by atoms with van der Waals surface area (Å²) in [6, 6.07) is 4.81. The molecule has 122 valence electrons. The molecule has 3 rings (SSSR count). The summed E-state index contributed by atoms with van der Waals surface area (Å²) in [5.74, 6) is 0.956. The summed E-state index contributed by atoms with van der Waals surface area (Å²) in [4.78, 5) is 16.5. The van der Waals surface area contributed by atoms with Crippen LogP contribution in [0.3, 0.4) is 0 Å². The Morgan fingerprint density at radius 2 is 2.39 bits per heavy atom. The van der Waals surface area contributed by atoms with E-state index in [1.54, 1.807) is 18.2 Å². The molecule has 1 saturated heterocycles. The largest absolute Gasteiger partial charge is 0.496 e. The summed E-state index contributed by atoms with van der Waals surface area (Å²) in [6.07, 6.45) is 1.72. The molecular formula is C15H16ClN3O4. The van der Waals surface area contributed by atoms with Crippen LogP contribution in [-0.4, -0.2) is 29.8 Å². The Balaban J connectivity index is 1.63. The Bertz CT molecular complexity index is 698. The van der Waals surface area contributed by atoms with Crippen molar-refractivity contribution in [3.05, 3.63) is 40.5 Å². The van der Waals surface area contributed by atoms with Crippen molar-refractivity contribution in [1.82, 2.24) is 15.5 Å². The molecule has 0 bridgehead atoms. The highest BCUT2D eigenvalue weighted by molar-refractivity contribution is 6.30. The molecule has 1 aromatic carbocycles. The average molecular weight is 338 g/mol. The van der Waals surface area contributed by atoms with Crippen LogP contribution in [0.15, 0.2) is 22.7 Å². The van der Waals surface area contributed by atoms with Gasteiger partial charge in [0, 0.05) is 11.6 Å². The summed E-state index contributed by atoms with van der Waals surface area (Å²) < 4.78 is 15.8. The summed E-state index contributed by atoms with van der Waals surface area (Å²) in [5.41, 5.74) is 0.389. The number of hydrogen-bond donors (Lipinski definition) is 1. The van der Waals surface area contributed by atoms with Gasteiger partial charge in [-0.05, 0) is 31.0 Å². The molecule has 7 nitrogen and oxygen atoms in total. The van der Waals surface area contributed by atoms with Gasteiger partial charge in [0.25, 0.3) is 11.8 Å². The van der Waals surface area contributed by atoms with Gasteiger partial charge in [0.1, 0.15) is 11.9 Å². The molecule has 1 atom stereocenters. The van der Waals surface area contributed by atoms with Gasteiger partial charge in [-0.15, -0.1) is 0 Å². The normalized spacial score (nSPS) is 17.2. The van der Waals surface area contributed by atoms with Crippen LogP contribution in [0, 0.1) is 0 Å². The van der Waals surface area contributed by atoms with Gasteiger partial charge in [-0.1, -0.05) is 16.8 Å². The van der Waals surface area contributed by atoms with E-state index in [1.165, 1.54) is 7.11 Å². The lowest BCUT2D eigenvalue weighted by Gasteiger charge is -2.08. The molecule has 1 aromatic heterocycles. The number of nitrogens with one attached hydrogen (secondary N) is 1. The molecular weight excluding hydrogens is 322 g/mol. The molecule has 2 aromatic rings. The fraction of sp³-hybridized carbons (Fsp3) is 0.400. The fourth-order valence-electron chi connectivity index (χ4n) is 2.35. The molecule has 23 heavy (non-hydrogen) atoms. The maximum atomic E-state index is 12.2. The first-order valence-electron chi connectivity index (χ1n) is 7.23. The predicted octanol–water partition coefficient (Wildman–Crippen LogP) is 2.51. The van der Waals surface area contributed by atoms with Gasteiger partial charge in [-0.3, -0.25) is 4.79 Å². The third-order valence-corrected chi connectivity index (χ3v) is 3.74. The van der Waals surface area contributed by atoms with Crippen molar-refractivity contribution >= 4 is 17.5 Å². The molecule has 1 aliphatic rings. The van der Waals surface area contributed by atoms with Crippen molar-refractivity contribution in [3.8, 4) is 5.75 Å². The Hall–Kier alpha value is -2.12. The van der Waals surface area contributed by atoms with Crippen molar-refractivity contribution < 1.29 is 18.8 Å². The van der Waals surface area contributed by atoms with Gasteiger partial charge < -0.3 is 19.3 Å². The standard InChI is InChI=1S/C15H16ClN3O4/c1-21-12-7-9(16)4-5-10(12)14(20)17-8-13-18-15(23-19-13)11-3-2-6-22-11/h4-5,7,11H,2-3,6,8H2,1H3,(H,17,20). The van der Waals surface area contributed by atoms with Crippen LogP contribution >= 0.6 is 11.6 Å². The van der Waals surface area contributed by atoms with Gasteiger partial charge in [-0.2, -0.15) is 4.98 Å². The lowest BCUT2D eigenvalue weighted by molar-refractivity contribution is 0.0835. The molecule has 1 aliphatic heterocycles. The Morgan fingerprint density at radius 3 is 3.13 bits per heavy atom. The Kier molecular flexibility index (Phi) is 4.78. The maximum absolute atomic E-state index is 12.2. The first-order chi connectivity index (χ1) is 11.2. The summed E-state index contributed by atoms with van der Waals surface area (Å²) in [5, 5.41) is 7.07. The van der Waals surface area contributed by atoms with Crippen molar-refractivity contribution in [2.45, 2.75) is 25.5 Å². The van der Waals surface area contributed by atoms with E-state index < -0.39 is 0 Å². The fourth-order valence-corrected chi connectivity index (χ4v) is 2.51. The third kappa shape index (κ3) is 3.62. The molecule has 2 heterocycles. The number of methoxy groups -OCH3 is 1. The van der Waals surface area contributed by atoms with Crippen molar-refractivity contribution in [2.75, 3.05) is 13.7 Å². The average Bonchev–Trinajstić information content (AvgIpc) is 3.23. The Labute approximate surface area is 137 Å². The summed E-state index contributed by atoms with van der Waals surface area (Å²) in [6.45, 7) is 0.857. The van der Waals surface area contributed by atoms with Crippen molar-refractivity contribution in [3.63, 3.8) is 0 Å².